The predicted molar refractivity (Wildman–Crippen MR) is 139 cm³/mol. The molecule has 2 unspecified atom stereocenters. The molecule has 8 heteroatoms. The summed E-state index contributed by atoms with van der Waals surface area (Å²) in [6.45, 7) is 9.74. The van der Waals surface area contributed by atoms with Crippen molar-refractivity contribution >= 4 is 14.0 Å². The third-order valence-electron chi connectivity index (χ3n) is 6.78. The SMILES string of the molecule is C[Si](C)(C)CCOCn1nc(C(=O)NC23CNCC2C3)cc1-c1ccccc1Oc1ccccc1. The first-order chi connectivity index (χ1) is 16.8. The monoisotopic (exact) mass is 490 g/mol. The number of amides is 1. The summed E-state index contributed by atoms with van der Waals surface area (Å²) in [6, 6.07) is 20.5. The normalized spacial score (nSPS) is 20.9. The van der Waals surface area contributed by atoms with Crippen LogP contribution in [0.3, 0.4) is 0 Å². The first kappa shape index (κ1) is 23.8. The molecular formula is C27H34N4O3Si. The summed E-state index contributed by atoms with van der Waals surface area (Å²) in [5, 5.41) is 11.3. The van der Waals surface area contributed by atoms with E-state index in [1.54, 1.807) is 4.68 Å². The number of para-hydroxylation sites is 2. The second-order valence-corrected chi connectivity index (χ2v) is 16.4. The van der Waals surface area contributed by atoms with E-state index in [0.29, 0.717) is 24.0 Å². The van der Waals surface area contributed by atoms with E-state index in [-0.39, 0.29) is 18.2 Å². The number of carbonyl (C=O) groups excluding carboxylic acids is 1. The smallest absolute Gasteiger partial charge is 0.272 e. The van der Waals surface area contributed by atoms with Crippen LogP contribution in [-0.4, -0.2) is 49.0 Å². The molecule has 0 spiro atoms. The maximum absolute atomic E-state index is 13.2. The molecule has 2 atom stereocenters. The highest BCUT2D eigenvalue weighted by molar-refractivity contribution is 6.76. The molecule has 184 valence electrons. The van der Waals surface area contributed by atoms with E-state index in [4.69, 9.17) is 9.47 Å². The molecule has 35 heavy (non-hydrogen) atoms. The number of rotatable bonds is 10. The largest absolute Gasteiger partial charge is 0.457 e. The molecule has 0 bridgehead atoms. The Kier molecular flexibility index (Phi) is 6.52. The fourth-order valence-corrected chi connectivity index (χ4v) is 5.33. The molecule has 3 aromatic rings. The molecule has 7 nitrogen and oxygen atoms in total. The van der Waals surface area contributed by atoms with Crippen LogP contribution in [0.15, 0.2) is 60.7 Å². The van der Waals surface area contributed by atoms with Crippen molar-refractivity contribution in [2.45, 2.75) is 44.4 Å². The summed E-state index contributed by atoms with van der Waals surface area (Å²) in [4.78, 5) is 13.2. The van der Waals surface area contributed by atoms with Crippen molar-refractivity contribution in [2.75, 3.05) is 19.7 Å². The van der Waals surface area contributed by atoms with Crippen LogP contribution in [0.2, 0.25) is 25.7 Å². The fraction of sp³-hybridized carbons (Fsp3) is 0.407. The second kappa shape index (κ2) is 9.60. The zero-order valence-corrected chi connectivity index (χ0v) is 21.7. The van der Waals surface area contributed by atoms with Crippen LogP contribution in [-0.2, 0) is 11.5 Å². The van der Waals surface area contributed by atoms with E-state index in [9.17, 15) is 4.79 Å². The van der Waals surface area contributed by atoms with Gasteiger partial charge in [-0.2, -0.15) is 5.10 Å². The van der Waals surface area contributed by atoms with Crippen molar-refractivity contribution in [1.29, 1.82) is 0 Å². The molecular weight excluding hydrogens is 456 g/mol. The summed E-state index contributed by atoms with van der Waals surface area (Å²) < 4.78 is 14.0. The first-order valence-corrected chi connectivity index (χ1v) is 16.0. The van der Waals surface area contributed by atoms with E-state index in [1.807, 2.05) is 60.7 Å². The molecule has 0 radical (unpaired) electrons. The van der Waals surface area contributed by atoms with E-state index < -0.39 is 8.07 Å². The van der Waals surface area contributed by atoms with Gasteiger partial charge in [-0.05, 0) is 48.7 Å². The standard InChI is InChI=1S/C27H34N4O3Si/c1-35(2,3)14-13-33-19-31-24(15-23(30-31)26(32)29-27-16-20(27)17-28-18-27)22-11-7-8-12-25(22)34-21-9-5-4-6-10-21/h4-12,15,20,28H,13-14,16-19H2,1-3H3,(H,29,32). The Bertz CT molecular complexity index is 1190. The van der Waals surface area contributed by atoms with Gasteiger partial charge in [0.25, 0.3) is 5.91 Å². The number of aromatic nitrogens is 2. The van der Waals surface area contributed by atoms with Gasteiger partial charge in [0.15, 0.2) is 5.69 Å². The molecule has 1 saturated heterocycles. The number of benzene rings is 2. The molecule has 5 rings (SSSR count). The molecule has 1 aliphatic carbocycles. The molecule has 2 heterocycles. The molecule has 1 aliphatic heterocycles. The number of hydrogen-bond donors (Lipinski definition) is 2. The Morgan fingerprint density at radius 1 is 1.17 bits per heavy atom. The lowest BCUT2D eigenvalue weighted by molar-refractivity contribution is 0.0785. The lowest BCUT2D eigenvalue weighted by Crippen LogP contribution is -2.41. The van der Waals surface area contributed by atoms with E-state index >= 15 is 0 Å². The van der Waals surface area contributed by atoms with E-state index in [2.05, 4.69) is 35.4 Å². The number of nitrogens with zero attached hydrogens (tertiary/aromatic N) is 2. The van der Waals surface area contributed by atoms with Crippen LogP contribution in [0.4, 0.5) is 0 Å². The quantitative estimate of drug-likeness (QED) is 0.317. The van der Waals surface area contributed by atoms with Gasteiger partial charge in [-0.1, -0.05) is 50.0 Å². The Hall–Kier alpha value is -2.94. The molecule has 1 saturated carbocycles. The van der Waals surface area contributed by atoms with Crippen LogP contribution in [0.5, 0.6) is 11.5 Å². The van der Waals surface area contributed by atoms with E-state index in [0.717, 1.165) is 42.6 Å². The number of fused-ring (bicyclic) bond motifs is 1. The average Bonchev–Trinajstić information content (AvgIpc) is 3.15. The van der Waals surface area contributed by atoms with Gasteiger partial charge in [0.2, 0.25) is 0 Å². The van der Waals surface area contributed by atoms with Gasteiger partial charge in [0.1, 0.15) is 18.2 Å². The van der Waals surface area contributed by atoms with Crippen molar-refractivity contribution < 1.29 is 14.3 Å². The number of nitrogens with one attached hydrogen (secondary N) is 2. The fourth-order valence-electron chi connectivity index (χ4n) is 4.58. The van der Waals surface area contributed by atoms with Crippen LogP contribution < -0.4 is 15.4 Å². The van der Waals surface area contributed by atoms with Crippen LogP contribution in [0.1, 0.15) is 16.9 Å². The van der Waals surface area contributed by atoms with E-state index in [1.165, 1.54) is 0 Å². The predicted octanol–water partition coefficient (Wildman–Crippen LogP) is 4.75. The van der Waals surface area contributed by atoms with Crippen molar-refractivity contribution in [3.63, 3.8) is 0 Å². The molecule has 2 N–H and O–H groups in total. The van der Waals surface area contributed by atoms with Gasteiger partial charge in [-0.25, -0.2) is 4.68 Å². The third-order valence-corrected chi connectivity index (χ3v) is 8.49. The van der Waals surface area contributed by atoms with Gasteiger partial charge >= 0.3 is 0 Å². The Balaban J connectivity index is 1.41. The van der Waals surface area contributed by atoms with Crippen molar-refractivity contribution in [1.82, 2.24) is 20.4 Å². The van der Waals surface area contributed by atoms with Crippen LogP contribution in [0.25, 0.3) is 11.3 Å². The second-order valence-electron chi connectivity index (χ2n) is 10.8. The number of ether oxygens (including phenoxy) is 2. The lowest BCUT2D eigenvalue weighted by Gasteiger charge is -2.16. The lowest BCUT2D eigenvalue weighted by atomic mass is 10.1. The zero-order valence-electron chi connectivity index (χ0n) is 20.7. The topological polar surface area (TPSA) is 77.4 Å². The summed E-state index contributed by atoms with van der Waals surface area (Å²) in [5.74, 6) is 1.84. The van der Waals surface area contributed by atoms with Gasteiger partial charge in [-0.15, -0.1) is 0 Å². The number of hydrogen-bond acceptors (Lipinski definition) is 5. The number of carbonyl (C=O) groups is 1. The van der Waals surface area contributed by atoms with Crippen molar-refractivity contribution in [2.24, 2.45) is 5.92 Å². The summed E-state index contributed by atoms with van der Waals surface area (Å²) in [5.41, 5.74) is 1.95. The minimum atomic E-state index is -1.21. The van der Waals surface area contributed by atoms with Crippen LogP contribution >= 0.6 is 0 Å². The summed E-state index contributed by atoms with van der Waals surface area (Å²) in [6.07, 6.45) is 1.03. The zero-order chi connectivity index (χ0) is 24.5. The minimum Gasteiger partial charge on any atom is -0.457 e. The molecule has 2 aliphatic rings. The minimum absolute atomic E-state index is 0.108. The van der Waals surface area contributed by atoms with Gasteiger partial charge in [0.05, 0.1) is 11.2 Å². The van der Waals surface area contributed by atoms with Gasteiger partial charge in [-0.3, -0.25) is 4.79 Å². The van der Waals surface area contributed by atoms with Crippen LogP contribution in [0, 0.1) is 5.92 Å². The third kappa shape index (κ3) is 5.50. The first-order valence-electron chi connectivity index (χ1n) is 12.3. The summed E-state index contributed by atoms with van der Waals surface area (Å²) >= 11 is 0. The Morgan fingerprint density at radius 2 is 1.94 bits per heavy atom. The van der Waals surface area contributed by atoms with Gasteiger partial charge in [0, 0.05) is 33.3 Å². The average molecular weight is 491 g/mol. The van der Waals surface area contributed by atoms with Crippen molar-refractivity contribution in [3.05, 3.63) is 66.4 Å². The highest BCUT2D eigenvalue weighted by Gasteiger charge is 2.58. The maximum atomic E-state index is 13.2. The molecule has 2 aromatic carbocycles. The number of piperidine rings is 1. The highest BCUT2D eigenvalue weighted by atomic mass is 28.3. The Labute approximate surface area is 207 Å². The molecule has 1 aromatic heterocycles. The van der Waals surface area contributed by atoms with Crippen molar-refractivity contribution in [3.8, 4) is 22.8 Å². The highest BCUT2D eigenvalue weighted by Crippen LogP contribution is 2.46. The Morgan fingerprint density at radius 3 is 2.66 bits per heavy atom. The molecule has 2 fully saturated rings. The maximum Gasteiger partial charge on any atom is 0.272 e. The summed E-state index contributed by atoms with van der Waals surface area (Å²) in [7, 11) is -1.21. The molecule has 1 amide bonds. The van der Waals surface area contributed by atoms with Gasteiger partial charge < -0.3 is 20.1 Å².